The molecule has 0 unspecified atom stereocenters. The Labute approximate surface area is 116 Å². The Bertz CT molecular complexity index is 524. The summed E-state index contributed by atoms with van der Waals surface area (Å²) in [6.07, 6.45) is 0.493. The monoisotopic (exact) mass is 275 g/mol. The Kier molecular flexibility index (Phi) is 5.06. The number of aromatic nitrogens is 1. The smallest absolute Gasteiger partial charge is 0.221 e. The van der Waals surface area contributed by atoms with Crippen molar-refractivity contribution in [2.45, 2.75) is 13.0 Å². The van der Waals surface area contributed by atoms with Crippen LogP contribution in [0.4, 0.5) is 0 Å². The van der Waals surface area contributed by atoms with Crippen LogP contribution in [-0.4, -0.2) is 24.5 Å². The van der Waals surface area contributed by atoms with Crippen LogP contribution in [0.5, 0.6) is 0 Å². The van der Waals surface area contributed by atoms with Crippen molar-refractivity contribution in [2.75, 3.05) is 13.6 Å². The van der Waals surface area contributed by atoms with Crippen LogP contribution < -0.4 is 10.6 Å². The maximum absolute atomic E-state index is 11.0. The molecule has 0 fully saturated rings. The predicted molar refractivity (Wildman–Crippen MR) is 77.9 cm³/mol. The summed E-state index contributed by atoms with van der Waals surface area (Å²) >= 11 is 1.63. The second kappa shape index (κ2) is 7.01. The van der Waals surface area contributed by atoms with Gasteiger partial charge in [-0.25, -0.2) is 4.98 Å². The molecule has 5 heteroatoms. The number of hydrogen-bond acceptors (Lipinski definition) is 4. The first-order valence-corrected chi connectivity index (χ1v) is 7.08. The van der Waals surface area contributed by atoms with Gasteiger partial charge in [-0.1, -0.05) is 30.3 Å². The third-order valence-corrected chi connectivity index (χ3v) is 3.55. The Morgan fingerprint density at radius 2 is 2.11 bits per heavy atom. The van der Waals surface area contributed by atoms with Gasteiger partial charge in [-0.3, -0.25) is 4.79 Å². The van der Waals surface area contributed by atoms with Gasteiger partial charge in [-0.15, -0.1) is 11.3 Å². The number of nitrogens with one attached hydrogen (secondary N) is 2. The van der Waals surface area contributed by atoms with Crippen molar-refractivity contribution >= 4 is 17.2 Å². The molecule has 0 saturated heterocycles. The number of thiazole rings is 1. The maximum atomic E-state index is 11.0. The highest BCUT2D eigenvalue weighted by molar-refractivity contribution is 7.09. The van der Waals surface area contributed by atoms with Gasteiger partial charge < -0.3 is 10.6 Å². The van der Waals surface area contributed by atoms with Crippen molar-refractivity contribution in [3.8, 4) is 11.3 Å². The van der Waals surface area contributed by atoms with Crippen molar-refractivity contribution in [1.29, 1.82) is 0 Å². The van der Waals surface area contributed by atoms with Crippen LogP contribution in [0.3, 0.4) is 0 Å². The molecule has 1 aromatic carbocycles. The first kappa shape index (κ1) is 13.7. The maximum Gasteiger partial charge on any atom is 0.221 e. The van der Waals surface area contributed by atoms with Crippen LogP contribution in [0.1, 0.15) is 11.4 Å². The number of hydrogen-bond donors (Lipinski definition) is 2. The molecule has 0 saturated carbocycles. The summed E-state index contributed by atoms with van der Waals surface area (Å²) in [5.74, 6) is 0.0524. The molecule has 0 aliphatic carbocycles. The second-order valence-electron chi connectivity index (χ2n) is 4.09. The number of amides is 1. The Balaban J connectivity index is 1.83. The van der Waals surface area contributed by atoms with Crippen LogP contribution >= 0.6 is 11.3 Å². The third-order valence-electron chi connectivity index (χ3n) is 2.71. The fraction of sp³-hybridized carbons (Fsp3) is 0.286. The molecule has 2 aromatic rings. The molecule has 2 N–H and O–H groups in total. The zero-order valence-electron chi connectivity index (χ0n) is 10.8. The number of carbonyl (C=O) groups excluding carboxylic acids is 1. The fourth-order valence-corrected chi connectivity index (χ4v) is 2.43. The van der Waals surface area contributed by atoms with E-state index in [1.54, 1.807) is 18.4 Å². The van der Waals surface area contributed by atoms with Crippen LogP contribution in [-0.2, 0) is 11.3 Å². The van der Waals surface area contributed by atoms with E-state index in [1.807, 2.05) is 18.2 Å². The molecular weight excluding hydrogens is 258 g/mol. The van der Waals surface area contributed by atoms with Gasteiger partial charge in [-0.05, 0) is 0 Å². The highest BCUT2D eigenvalue weighted by Gasteiger charge is 2.04. The van der Waals surface area contributed by atoms with E-state index in [2.05, 4.69) is 33.1 Å². The molecule has 19 heavy (non-hydrogen) atoms. The molecule has 1 aromatic heterocycles. The number of rotatable bonds is 6. The van der Waals surface area contributed by atoms with Crippen molar-refractivity contribution in [2.24, 2.45) is 0 Å². The van der Waals surface area contributed by atoms with Gasteiger partial charge >= 0.3 is 0 Å². The van der Waals surface area contributed by atoms with Gasteiger partial charge in [0.15, 0.2) is 0 Å². The van der Waals surface area contributed by atoms with E-state index in [0.29, 0.717) is 19.5 Å². The van der Waals surface area contributed by atoms with E-state index in [1.165, 1.54) is 0 Å². The summed E-state index contributed by atoms with van der Waals surface area (Å²) in [7, 11) is 1.65. The number of benzene rings is 1. The molecule has 0 bridgehead atoms. The molecule has 1 amide bonds. The molecule has 0 atom stereocenters. The Morgan fingerprint density at radius 3 is 2.84 bits per heavy atom. The minimum atomic E-state index is 0.0524. The van der Waals surface area contributed by atoms with E-state index in [0.717, 1.165) is 16.3 Å². The van der Waals surface area contributed by atoms with Gasteiger partial charge in [0, 0.05) is 37.5 Å². The lowest BCUT2D eigenvalue weighted by Crippen LogP contribution is -2.24. The van der Waals surface area contributed by atoms with Crippen LogP contribution in [0.25, 0.3) is 11.3 Å². The largest absolute Gasteiger partial charge is 0.359 e. The Morgan fingerprint density at radius 1 is 1.32 bits per heavy atom. The summed E-state index contributed by atoms with van der Waals surface area (Å²) < 4.78 is 0. The average molecular weight is 275 g/mol. The van der Waals surface area contributed by atoms with Crippen molar-refractivity contribution in [3.63, 3.8) is 0 Å². The topological polar surface area (TPSA) is 54.0 Å². The Hall–Kier alpha value is -1.72. The normalized spacial score (nSPS) is 10.4. The lowest BCUT2D eigenvalue weighted by molar-refractivity contribution is -0.120. The van der Waals surface area contributed by atoms with Gasteiger partial charge in [0.2, 0.25) is 5.91 Å². The fourth-order valence-electron chi connectivity index (χ4n) is 1.66. The SMILES string of the molecule is CNC(=O)CCNCc1nc(-c2ccccc2)cs1. The first-order valence-electron chi connectivity index (χ1n) is 6.20. The molecule has 0 aliphatic rings. The third kappa shape index (κ3) is 4.15. The van der Waals surface area contributed by atoms with E-state index < -0.39 is 0 Å². The highest BCUT2D eigenvalue weighted by atomic mass is 32.1. The van der Waals surface area contributed by atoms with E-state index in [9.17, 15) is 4.79 Å². The molecule has 0 spiro atoms. The lowest BCUT2D eigenvalue weighted by Gasteiger charge is -2.01. The van der Waals surface area contributed by atoms with Crippen LogP contribution in [0.15, 0.2) is 35.7 Å². The summed E-state index contributed by atoms with van der Waals surface area (Å²) in [6.45, 7) is 1.37. The first-order chi connectivity index (χ1) is 9.29. The van der Waals surface area contributed by atoms with E-state index >= 15 is 0 Å². The summed E-state index contributed by atoms with van der Waals surface area (Å²) in [6, 6.07) is 10.1. The van der Waals surface area contributed by atoms with Gasteiger partial charge in [0.1, 0.15) is 5.01 Å². The average Bonchev–Trinajstić information content (AvgIpc) is 2.93. The molecule has 2 rings (SSSR count). The summed E-state index contributed by atoms with van der Waals surface area (Å²) in [5.41, 5.74) is 2.14. The lowest BCUT2D eigenvalue weighted by atomic mass is 10.2. The van der Waals surface area contributed by atoms with E-state index in [4.69, 9.17) is 0 Å². The zero-order chi connectivity index (χ0) is 13.5. The van der Waals surface area contributed by atoms with Gasteiger partial charge in [0.05, 0.1) is 5.69 Å². The van der Waals surface area contributed by atoms with Crippen molar-refractivity contribution < 1.29 is 4.79 Å². The summed E-state index contributed by atoms with van der Waals surface area (Å²) in [5, 5.41) is 8.91. The molecule has 1 heterocycles. The number of nitrogens with zero attached hydrogens (tertiary/aromatic N) is 1. The minimum absolute atomic E-state index is 0.0524. The molecule has 100 valence electrons. The predicted octanol–water partition coefficient (Wildman–Crippen LogP) is 2.04. The van der Waals surface area contributed by atoms with Gasteiger partial charge in [0.25, 0.3) is 0 Å². The molecular formula is C14H17N3OS. The zero-order valence-corrected chi connectivity index (χ0v) is 11.7. The molecule has 0 radical (unpaired) electrons. The number of carbonyl (C=O) groups is 1. The van der Waals surface area contributed by atoms with Crippen molar-refractivity contribution in [3.05, 3.63) is 40.7 Å². The van der Waals surface area contributed by atoms with Crippen molar-refractivity contribution in [1.82, 2.24) is 15.6 Å². The van der Waals surface area contributed by atoms with Crippen LogP contribution in [0.2, 0.25) is 0 Å². The minimum Gasteiger partial charge on any atom is -0.359 e. The summed E-state index contributed by atoms with van der Waals surface area (Å²) in [4.78, 5) is 15.6. The standard InChI is InChI=1S/C14H17N3OS/c1-15-13(18)7-8-16-9-14-17-12(10-19-14)11-5-3-2-4-6-11/h2-6,10,16H,7-9H2,1H3,(H,15,18). The second-order valence-corrected chi connectivity index (χ2v) is 5.04. The highest BCUT2D eigenvalue weighted by Crippen LogP contribution is 2.21. The molecule has 0 aliphatic heterocycles. The van der Waals surface area contributed by atoms with Crippen LogP contribution in [0, 0.1) is 0 Å². The van der Waals surface area contributed by atoms with E-state index in [-0.39, 0.29) is 5.91 Å². The molecule has 4 nitrogen and oxygen atoms in total. The van der Waals surface area contributed by atoms with Gasteiger partial charge in [-0.2, -0.15) is 0 Å². The quantitative estimate of drug-likeness (QED) is 0.793.